The highest BCUT2D eigenvalue weighted by Crippen LogP contribution is 2.53. The minimum absolute atomic E-state index is 0.122. The van der Waals surface area contributed by atoms with Crippen LogP contribution in [0.4, 0.5) is 13.2 Å². The fraction of sp³-hybridized carbons (Fsp3) is 0.545. The molecule has 1 heterocycles. The Balaban J connectivity index is 2.21. The molecule has 2 rings (SSSR count). The highest BCUT2D eigenvalue weighted by atomic mass is 19.4. The second kappa shape index (κ2) is 3.45. The summed E-state index contributed by atoms with van der Waals surface area (Å²) in [5, 5.41) is 10.0. The van der Waals surface area contributed by atoms with Crippen molar-refractivity contribution in [2.24, 2.45) is 5.92 Å². The number of aliphatic hydroxyl groups is 1. The molecule has 1 fully saturated rings. The summed E-state index contributed by atoms with van der Waals surface area (Å²) in [6.45, 7) is 1.94. The van der Waals surface area contributed by atoms with Crippen molar-refractivity contribution in [1.82, 2.24) is 4.98 Å². The van der Waals surface area contributed by atoms with Crippen molar-refractivity contribution in [1.29, 1.82) is 0 Å². The Morgan fingerprint density at radius 1 is 1.50 bits per heavy atom. The standard InChI is InChI=1S/C11H12F3NO/c1-2-7-5-10(7,16)9-4-3-8(6-15-9)11(12,13)14/h3-4,6-7,16H,2,5H2,1H3. The molecule has 16 heavy (non-hydrogen) atoms. The number of rotatable bonds is 2. The molecule has 0 amide bonds. The molecule has 0 spiro atoms. The summed E-state index contributed by atoms with van der Waals surface area (Å²) in [7, 11) is 0. The largest absolute Gasteiger partial charge is 0.417 e. The maximum Gasteiger partial charge on any atom is 0.417 e. The average molecular weight is 231 g/mol. The van der Waals surface area contributed by atoms with Crippen molar-refractivity contribution >= 4 is 0 Å². The normalized spacial score (nSPS) is 29.2. The Labute approximate surface area is 91.1 Å². The SMILES string of the molecule is CCC1CC1(O)c1ccc(C(F)(F)F)cn1. The third-order valence-electron chi connectivity index (χ3n) is 3.10. The van der Waals surface area contributed by atoms with Crippen LogP contribution in [-0.2, 0) is 11.8 Å². The molecule has 2 unspecified atom stereocenters. The second-order valence-corrected chi connectivity index (χ2v) is 4.16. The Kier molecular flexibility index (Phi) is 2.45. The summed E-state index contributed by atoms with van der Waals surface area (Å²) in [6, 6.07) is 2.23. The number of halogens is 3. The van der Waals surface area contributed by atoms with Crippen LogP contribution in [-0.4, -0.2) is 10.1 Å². The third kappa shape index (κ3) is 1.80. The van der Waals surface area contributed by atoms with E-state index in [1.54, 1.807) is 0 Å². The molecule has 0 saturated heterocycles. The van der Waals surface area contributed by atoms with E-state index >= 15 is 0 Å². The van der Waals surface area contributed by atoms with Crippen LogP contribution >= 0.6 is 0 Å². The van der Waals surface area contributed by atoms with Gasteiger partial charge < -0.3 is 5.11 Å². The highest BCUT2D eigenvalue weighted by Gasteiger charge is 2.54. The number of pyridine rings is 1. The predicted molar refractivity (Wildman–Crippen MR) is 51.5 cm³/mol. The van der Waals surface area contributed by atoms with Gasteiger partial charge in [0.2, 0.25) is 0 Å². The van der Waals surface area contributed by atoms with Gasteiger partial charge in [-0.1, -0.05) is 13.3 Å². The molecule has 0 aliphatic heterocycles. The lowest BCUT2D eigenvalue weighted by Gasteiger charge is -2.11. The van der Waals surface area contributed by atoms with E-state index in [1.807, 2.05) is 6.92 Å². The van der Waals surface area contributed by atoms with Gasteiger partial charge in [-0.3, -0.25) is 4.98 Å². The Morgan fingerprint density at radius 2 is 2.19 bits per heavy atom. The van der Waals surface area contributed by atoms with Crippen LogP contribution in [0.5, 0.6) is 0 Å². The molecule has 2 atom stereocenters. The van der Waals surface area contributed by atoms with Crippen LogP contribution in [0, 0.1) is 5.92 Å². The smallest absolute Gasteiger partial charge is 0.383 e. The molecule has 1 aliphatic rings. The average Bonchev–Trinajstić information content (AvgIpc) is 2.90. The zero-order valence-electron chi connectivity index (χ0n) is 8.75. The van der Waals surface area contributed by atoms with Crippen LogP contribution in [0.25, 0.3) is 0 Å². The molecule has 5 heteroatoms. The van der Waals surface area contributed by atoms with Crippen LogP contribution < -0.4 is 0 Å². The number of aromatic nitrogens is 1. The van der Waals surface area contributed by atoms with Gasteiger partial charge in [-0.2, -0.15) is 13.2 Å². The molecule has 0 aromatic carbocycles. The van der Waals surface area contributed by atoms with E-state index in [-0.39, 0.29) is 5.92 Å². The first-order valence-electron chi connectivity index (χ1n) is 5.14. The molecule has 1 saturated carbocycles. The van der Waals surface area contributed by atoms with Crippen molar-refractivity contribution in [3.05, 3.63) is 29.6 Å². The molecule has 1 aromatic rings. The molecule has 1 N–H and O–H groups in total. The van der Waals surface area contributed by atoms with E-state index in [1.165, 1.54) is 6.07 Å². The van der Waals surface area contributed by atoms with Crippen molar-refractivity contribution in [3.8, 4) is 0 Å². The first-order chi connectivity index (χ1) is 7.38. The van der Waals surface area contributed by atoms with Crippen molar-refractivity contribution in [2.75, 3.05) is 0 Å². The van der Waals surface area contributed by atoms with E-state index < -0.39 is 17.3 Å². The number of nitrogens with zero attached hydrogens (tertiary/aromatic N) is 1. The summed E-state index contributed by atoms with van der Waals surface area (Å²) in [5.41, 5.74) is -1.44. The summed E-state index contributed by atoms with van der Waals surface area (Å²) in [6.07, 6.45) is -2.21. The minimum atomic E-state index is -4.37. The van der Waals surface area contributed by atoms with Gasteiger partial charge >= 0.3 is 6.18 Å². The molecule has 0 radical (unpaired) electrons. The molecule has 2 nitrogen and oxygen atoms in total. The number of hydrogen-bond acceptors (Lipinski definition) is 2. The van der Waals surface area contributed by atoms with Gasteiger partial charge in [0.25, 0.3) is 0 Å². The van der Waals surface area contributed by atoms with Gasteiger partial charge in [0.15, 0.2) is 0 Å². The Hall–Kier alpha value is -1.10. The van der Waals surface area contributed by atoms with Gasteiger partial charge in [0, 0.05) is 6.20 Å². The molecule has 88 valence electrons. The van der Waals surface area contributed by atoms with Gasteiger partial charge in [0.05, 0.1) is 11.3 Å². The Morgan fingerprint density at radius 3 is 2.56 bits per heavy atom. The van der Waals surface area contributed by atoms with Crippen LogP contribution in [0.1, 0.15) is 31.0 Å². The maximum absolute atomic E-state index is 12.3. The summed E-state index contributed by atoms with van der Waals surface area (Å²) in [5.74, 6) is 0.122. The topological polar surface area (TPSA) is 33.1 Å². The lowest BCUT2D eigenvalue weighted by molar-refractivity contribution is -0.137. The zero-order chi connectivity index (χ0) is 12.0. The van der Waals surface area contributed by atoms with Gasteiger partial charge in [0.1, 0.15) is 5.60 Å². The minimum Gasteiger partial charge on any atom is -0.383 e. The quantitative estimate of drug-likeness (QED) is 0.848. The van der Waals surface area contributed by atoms with Crippen LogP contribution in [0.2, 0.25) is 0 Å². The number of hydrogen-bond donors (Lipinski definition) is 1. The first-order valence-corrected chi connectivity index (χ1v) is 5.14. The second-order valence-electron chi connectivity index (χ2n) is 4.16. The van der Waals surface area contributed by atoms with Gasteiger partial charge in [-0.25, -0.2) is 0 Å². The van der Waals surface area contributed by atoms with Crippen molar-refractivity contribution < 1.29 is 18.3 Å². The van der Waals surface area contributed by atoms with E-state index in [9.17, 15) is 18.3 Å². The van der Waals surface area contributed by atoms with Gasteiger partial charge in [-0.15, -0.1) is 0 Å². The molecule has 0 bridgehead atoms. The van der Waals surface area contributed by atoms with Gasteiger partial charge in [-0.05, 0) is 24.5 Å². The first kappa shape index (κ1) is 11.4. The summed E-state index contributed by atoms with van der Waals surface area (Å²) < 4.78 is 36.8. The monoisotopic (exact) mass is 231 g/mol. The molecule has 1 aromatic heterocycles. The van der Waals surface area contributed by atoms with Crippen LogP contribution in [0.3, 0.4) is 0 Å². The molecular weight excluding hydrogens is 219 g/mol. The fourth-order valence-electron chi connectivity index (χ4n) is 1.93. The van der Waals surface area contributed by atoms with Crippen molar-refractivity contribution in [2.45, 2.75) is 31.5 Å². The lowest BCUT2D eigenvalue weighted by atomic mass is 10.1. The Bertz CT molecular complexity index is 387. The van der Waals surface area contributed by atoms with E-state index in [2.05, 4.69) is 4.98 Å². The van der Waals surface area contributed by atoms with Crippen LogP contribution in [0.15, 0.2) is 18.3 Å². The third-order valence-corrected chi connectivity index (χ3v) is 3.10. The van der Waals surface area contributed by atoms with E-state index in [0.29, 0.717) is 12.1 Å². The summed E-state index contributed by atoms with van der Waals surface area (Å²) in [4.78, 5) is 3.71. The van der Waals surface area contributed by atoms with E-state index in [4.69, 9.17) is 0 Å². The lowest BCUT2D eigenvalue weighted by Crippen LogP contribution is -2.13. The molecule has 1 aliphatic carbocycles. The predicted octanol–water partition coefficient (Wildman–Crippen LogP) is 2.72. The molecular formula is C11H12F3NO. The fourth-order valence-corrected chi connectivity index (χ4v) is 1.93. The number of alkyl halides is 3. The highest BCUT2D eigenvalue weighted by molar-refractivity contribution is 5.26. The van der Waals surface area contributed by atoms with E-state index in [0.717, 1.165) is 18.7 Å². The maximum atomic E-state index is 12.3. The zero-order valence-corrected chi connectivity index (χ0v) is 8.75. The summed E-state index contributed by atoms with van der Waals surface area (Å²) >= 11 is 0. The van der Waals surface area contributed by atoms with Crippen molar-refractivity contribution in [3.63, 3.8) is 0 Å².